The van der Waals surface area contributed by atoms with E-state index in [9.17, 15) is 9.59 Å². The van der Waals surface area contributed by atoms with Crippen LogP contribution in [0.15, 0.2) is 15.9 Å². The fourth-order valence-electron chi connectivity index (χ4n) is 2.19. The van der Waals surface area contributed by atoms with Gasteiger partial charge in [0.05, 0.1) is 15.2 Å². The molecule has 0 aromatic carbocycles. The van der Waals surface area contributed by atoms with Crippen molar-refractivity contribution >= 4 is 39.1 Å². The maximum atomic E-state index is 12.3. The zero-order valence-corrected chi connectivity index (χ0v) is 14.0. The van der Waals surface area contributed by atoms with Crippen LogP contribution in [0.3, 0.4) is 0 Å². The summed E-state index contributed by atoms with van der Waals surface area (Å²) >= 11 is 4.71. The fraction of sp³-hybridized carbons (Fsp3) is 0.538. The predicted molar refractivity (Wildman–Crippen MR) is 83.0 cm³/mol. The molecule has 1 aliphatic rings. The van der Waals surface area contributed by atoms with Crippen molar-refractivity contribution in [3.05, 3.63) is 20.8 Å². The van der Waals surface area contributed by atoms with E-state index in [1.54, 1.807) is 13.1 Å². The van der Waals surface area contributed by atoms with E-state index >= 15 is 0 Å². The third kappa shape index (κ3) is 3.59. The number of carbonyl (C=O) groups is 2. The third-order valence-electron chi connectivity index (χ3n) is 3.32. The normalized spacial score (nSPS) is 18.9. The van der Waals surface area contributed by atoms with Crippen molar-refractivity contribution in [1.82, 2.24) is 15.1 Å². The molecule has 1 atom stereocenters. The van der Waals surface area contributed by atoms with Gasteiger partial charge in [-0.1, -0.05) is 0 Å². The lowest BCUT2D eigenvalue weighted by molar-refractivity contribution is -0.134. The molecule has 0 unspecified atom stereocenters. The topological polar surface area (TPSA) is 52.7 Å². The Morgan fingerprint density at radius 1 is 1.55 bits per heavy atom. The van der Waals surface area contributed by atoms with Crippen LogP contribution in [0.1, 0.15) is 16.6 Å². The molecule has 20 heavy (non-hydrogen) atoms. The first-order valence-electron chi connectivity index (χ1n) is 6.50. The molecule has 1 saturated heterocycles. The van der Waals surface area contributed by atoms with E-state index in [1.807, 2.05) is 17.9 Å². The Labute approximate surface area is 131 Å². The van der Waals surface area contributed by atoms with Crippen molar-refractivity contribution < 1.29 is 9.59 Å². The highest BCUT2D eigenvalue weighted by Crippen LogP contribution is 2.23. The number of nitrogens with zero attached hydrogens (tertiary/aromatic N) is 2. The maximum Gasteiger partial charge on any atom is 0.264 e. The first kappa shape index (κ1) is 15.5. The van der Waals surface area contributed by atoms with E-state index in [0.29, 0.717) is 11.4 Å². The number of piperazine rings is 1. The van der Waals surface area contributed by atoms with Crippen molar-refractivity contribution in [1.29, 1.82) is 0 Å². The second-order valence-corrected chi connectivity index (χ2v) is 7.37. The molecule has 1 fully saturated rings. The van der Waals surface area contributed by atoms with Gasteiger partial charge in [-0.15, -0.1) is 11.3 Å². The monoisotopic (exact) mass is 359 g/mol. The number of thiophene rings is 1. The number of likely N-dealkylation sites (N-methyl/N-ethyl adjacent to an activating group) is 1. The highest BCUT2D eigenvalue weighted by Gasteiger charge is 2.25. The molecular weight excluding hydrogens is 342 g/mol. The smallest absolute Gasteiger partial charge is 0.264 e. The van der Waals surface area contributed by atoms with E-state index in [1.165, 1.54) is 16.2 Å². The molecule has 0 radical (unpaired) electrons. The quantitative estimate of drug-likeness (QED) is 0.887. The standard InChI is InChI=1S/C13H18BrN3O2S/c1-9-7-15-5-6-17(9)12(18)8-16(2)13(19)10-3-4-11(14)20-10/h3-4,9,15H,5-8H2,1-2H3/t9-/m1/s1. The minimum atomic E-state index is -0.114. The van der Waals surface area contributed by atoms with Gasteiger partial charge in [0.1, 0.15) is 0 Å². The average molecular weight is 360 g/mol. The molecule has 110 valence electrons. The Kier molecular flexibility index (Phi) is 5.17. The van der Waals surface area contributed by atoms with Crippen molar-refractivity contribution in [2.45, 2.75) is 13.0 Å². The largest absolute Gasteiger partial charge is 0.336 e. The number of nitrogens with one attached hydrogen (secondary N) is 1. The van der Waals surface area contributed by atoms with Crippen LogP contribution in [0, 0.1) is 0 Å². The number of rotatable bonds is 3. The Morgan fingerprint density at radius 3 is 2.90 bits per heavy atom. The van der Waals surface area contributed by atoms with Gasteiger partial charge in [-0.2, -0.15) is 0 Å². The zero-order valence-electron chi connectivity index (χ0n) is 11.6. The van der Waals surface area contributed by atoms with E-state index < -0.39 is 0 Å². The molecule has 1 aromatic heterocycles. The van der Waals surface area contributed by atoms with Gasteiger partial charge in [0.2, 0.25) is 5.91 Å². The van der Waals surface area contributed by atoms with Crippen LogP contribution in [-0.2, 0) is 4.79 Å². The number of amides is 2. The van der Waals surface area contributed by atoms with Crippen molar-refractivity contribution in [3.8, 4) is 0 Å². The minimum absolute atomic E-state index is 0.00507. The van der Waals surface area contributed by atoms with Crippen LogP contribution in [0.25, 0.3) is 0 Å². The van der Waals surface area contributed by atoms with Gasteiger partial charge in [0.15, 0.2) is 0 Å². The van der Waals surface area contributed by atoms with Gasteiger partial charge in [-0.25, -0.2) is 0 Å². The maximum absolute atomic E-state index is 12.3. The molecule has 2 rings (SSSR count). The summed E-state index contributed by atoms with van der Waals surface area (Å²) in [6.07, 6.45) is 0. The summed E-state index contributed by atoms with van der Waals surface area (Å²) in [5.74, 6) is -0.109. The van der Waals surface area contributed by atoms with Crippen LogP contribution in [-0.4, -0.2) is 60.9 Å². The summed E-state index contributed by atoms with van der Waals surface area (Å²) in [5.41, 5.74) is 0. The molecule has 7 heteroatoms. The number of carbonyl (C=O) groups excluding carboxylic acids is 2. The lowest BCUT2D eigenvalue weighted by atomic mass is 10.2. The van der Waals surface area contributed by atoms with Gasteiger partial charge in [0, 0.05) is 32.7 Å². The molecule has 0 bridgehead atoms. The zero-order chi connectivity index (χ0) is 14.7. The molecule has 0 aliphatic carbocycles. The molecular formula is C13H18BrN3O2S. The Balaban J connectivity index is 1.95. The van der Waals surface area contributed by atoms with Crippen LogP contribution in [0.5, 0.6) is 0 Å². The van der Waals surface area contributed by atoms with Crippen LogP contribution >= 0.6 is 27.3 Å². The summed E-state index contributed by atoms with van der Waals surface area (Å²) < 4.78 is 0.913. The summed E-state index contributed by atoms with van der Waals surface area (Å²) in [6, 6.07) is 3.79. The highest BCUT2D eigenvalue weighted by molar-refractivity contribution is 9.11. The molecule has 5 nitrogen and oxygen atoms in total. The SMILES string of the molecule is C[C@@H]1CNCCN1C(=O)CN(C)C(=O)c1ccc(Br)s1. The van der Waals surface area contributed by atoms with Crippen LogP contribution in [0.4, 0.5) is 0 Å². The number of hydrogen-bond acceptors (Lipinski definition) is 4. The number of halogens is 1. The molecule has 2 amide bonds. The molecule has 0 spiro atoms. The summed E-state index contributed by atoms with van der Waals surface area (Å²) in [7, 11) is 1.67. The third-order valence-corrected chi connectivity index (χ3v) is 4.94. The van der Waals surface area contributed by atoms with Crippen LogP contribution < -0.4 is 5.32 Å². The first-order valence-corrected chi connectivity index (χ1v) is 8.11. The molecule has 1 aliphatic heterocycles. The second-order valence-electron chi connectivity index (χ2n) is 4.91. The van der Waals surface area contributed by atoms with Gasteiger partial charge in [0.25, 0.3) is 5.91 Å². The summed E-state index contributed by atoms with van der Waals surface area (Å²) in [4.78, 5) is 28.4. The predicted octanol–water partition coefficient (Wildman–Crippen LogP) is 1.40. The fourth-order valence-corrected chi connectivity index (χ4v) is 3.58. The van der Waals surface area contributed by atoms with Gasteiger partial charge >= 0.3 is 0 Å². The Hall–Kier alpha value is -0.920. The lowest BCUT2D eigenvalue weighted by Gasteiger charge is -2.35. The minimum Gasteiger partial charge on any atom is -0.336 e. The number of hydrogen-bond donors (Lipinski definition) is 1. The molecule has 1 aromatic rings. The van der Waals surface area contributed by atoms with Crippen molar-refractivity contribution in [2.24, 2.45) is 0 Å². The van der Waals surface area contributed by atoms with Gasteiger partial charge in [-0.3, -0.25) is 9.59 Å². The highest BCUT2D eigenvalue weighted by atomic mass is 79.9. The van der Waals surface area contributed by atoms with E-state index in [-0.39, 0.29) is 24.4 Å². The first-order chi connectivity index (χ1) is 9.49. The Bertz CT molecular complexity index is 506. The second kappa shape index (κ2) is 6.69. The Morgan fingerprint density at radius 2 is 2.30 bits per heavy atom. The molecule has 1 N–H and O–H groups in total. The molecule has 2 heterocycles. The van der Waals surface area contributed by atoms with E-state index in [2.05, 4.69) is 21.2 Å². The lowest BCUT2D eigenvalue weighted by Crippen LogP contribution is -2.54. The van der Waals surface area contributed by atoms with Gasteiger partial charge in [-0.05, 0) is 35.0 Å². The van der Waals surface area contributed by atoms with Gasteiger partial charge < -0.3 is 15.1 Å². The van der Waals surface area contributed by atoms with Crippen LogP contribution in [0.2, 0.25) is 0 Å². The van der Waals surface area contributed by atoms with E-state index in [4.69, 9.17) is 0 Å². The summed E-state index contributed by atoms with van der Waals surface area (Å²) in [6.45, 7) is 4.46. The average Bonchev–Trinajstić information content (AvgIpc) is 2.84. The van der Waals surface area contributed by atoms with Crippen molar-refractivity contribution in [2.75, 3.05) is 33.2 Å². The summed E-state index contributed by atoms with van der Waals surface area (Å²) in [5, 5.41) is 3.25. The van der Waals surface area contributed by atoms with Crippen molar-refractivity contribution in [3.63, 3.8) is 0 Å². The molecule has 0 saturated carbocycles. The van der Waals surface area contributed by atoms with E-state index in [0.717, 1.165) is 16.9 Å².